The van der Waals surface area contributed by atoms with Crippen LogP contribution in [0.2, 0.25) is 0 Å². The Bertz CT molecular complexity index is 230. The molecule has 0 rings (SSSR count). The average Bonchev–Trinajstić information content (AvgIpc) is 2.13. The Hall–Kier alpha value is -0.610. The minimum atomic E-state index is -0.489. The first-order valence-corrected chi connectivity index (χ1v) is 6.18. The molecule has 0 aliphatic rings. The summed E-state index contributed by atoms with van der Waals surface area (Å²) in [5, 5.41) is 4.45. The van der Waals surface area contributed by atoms with E-state index >= 15 is 0 Å². The molecule has 2 atom stereocenters. The van der Waals surface area contributed by atoms with Crippen LogP contribution in [-0.4, -0.2) is 11.6 Å². The van der Waals surface area contributed by atoms with Gasteiger partial charge < -0.3 is 0 Å². The highest BCUT2D eigenvalue weighted by Crippen LogP contribution is 2.23. The number of hydrogen-bond acceptors (Lipinski definition) is 4. The molecule has 0 aliphatic heterocycles. The van der Waals surface area contributed by atoms with Crippen molar-refractivity contribution < 1.29 is 19.6 Å². The number of carbonyl (C=O) groups is 1. The minimum absolute atomic E-state index is 0.265. The summed E-state index contributed by atoms with van der Waals surface area (Å²) in [6, 6.07) is 0. The van der Waals surface area contributed by atoms with E-state index in [0.717, 1.165) is 0 Å². The molecule has 0 N–H and O–H groups in total. The molecule has 0 amide bonds. The van der Waals surface area contributed by atoms with Crippen LogP contribution in [-0.2, 0) is 19.6 Å². The predicted octanol–water partition coefficient (Wildman–Crippen LogP) is 3.51. The van der Waals surface area contributed by atoms with Gasteiger partial charge in [-0.3, -0.25) is 4.89 Å². The van der Waals surface area contributed by atoms with Gasteiger partial charge in [-0.15, -0.1) is 0 Å². The molecule has 0 saturated heterocycles. The quantitative estimate of drug-likeness (QED) is 0.531. The molecular weight excluding hydrogens is 220 g/mol. The van der Waals surface area contributed by atoms with Gasteiger partial charge in [0, 0.05) is 0 Å². The molecule has 4 heteroatoms. The van der Waals surface area contributed by atoms with Crippen LogP contribution in [0, 0.1) is 17.8 Å². The van der Waals surface area contributed by atoms with Gasteiger partial charge in [-0.2, -0.15) is 4.89 Å². The predicted molar refractivity (Wildman–Crippen MR) is 65.8 cm³/mol. The smallest absolute Gasteiger partial charge is 0.269 e. The van der Waals surface area contributed by atoms with E-state index in [9.17, 15) is 4.79 Å². The maximum atomic E-state index is 11.4. The van der Waals surface area contributed by atoms with Crippen LogP contribution in [0.4, 0.5) is 0 Å². The molecule has 4 nitrogen and oxygen atoms in total. The third-order valence-corrected chi connectivity index (χ3v) is 2.85. The highest BCUT2D eigenvalue weighted by atomic mass is 17.5. The summed E-state index contributed by atoms with van der Waals surface area (Å²) in [7, 11) is 0. The molecule has 2 unspecified atom stereocenters. The van der Waals surface area contributed by atoms with Crippen molar-refractivity contribution in [2.24, 2.45) is 17.8 Å². The second-order valence-electron chi connectivity index (χ2n) is 6.00. The first-order valence-electron chi connectivity index (χ1n) is 6.18. The highest BCUT2D eigenvalue weighted by Gasteiger charge is 2.21. The van der Waals surface area contributed by atoms with E-state index in [0.29, 0.717) is 18.3 Å². The second kappa shape index (κ2) is 6.97. The lowest BCUT2D eigenvalue weighted by molar-refractivity contribution is -0.514. The molecule has 0 aromatic heterocycles. The summed E-state index contributed by atoms with van der Waals surface area (Å²) in [5.74, 6) is 0.880. The van der Waals surface area contributed by atoms with Gasteiger partial charge >= 0.3 is 5.97 Å². The maximum Gasteiger partial charge on any atom is 0.345 e. The van der Waals surface area contributed by atoms with E-state index in [-0.39, 0.29) is 5.92 Å². The molecule has 0 aromatic carbocycles. The number of carbonyl (C=O) groups excluding carboxylic acids is 1. The van der Waals surface area contributed by atoms with Crippen LogP contribution in [0.15, 0.2) is 0 Å². The SMILES string of the molecule is CC(C)C(C)C(C)CC(=O)OOOC(C)(C)C. The van der Waals surface area contributed by atoms with Crippen LogP contribution >= 0.6 is 0 Å². The van der Waals surface area contributed by atoms with Gasteiger partial charge in [0.1, 0.15) is 0 Å². The molecule has 0 aliphatic carbocycles. The maximum absolute atomic E-state index is 11.4. The summed E-state index contributed by atoms with van der Waals surface area (Å²) in [6.07, 6.45) is 0.340. The van der Waals surface area contributed by atoms with Gasteiger partial charge in [-0.1, -0.05) is 27.7 Å². The standard InChI is InChI=1S/C13H26O4/c1-9(2)11(4)10(3)8-12(14)15-17-16-13(5,6)7/h9-11H,8H2,1-7H3. The average molecular weight is 246 g/mol. The largest absolute Gasteiger partial charge is 0.345 e. The summed E-state index contributed by atoms with van der Waals surface area (Å²) in [6.45, 7) is 13.9. The van der Waals surface area contributed by atoms with Gasteiger partial charge in [0.2, 0.25) is 0 Å². The molecule has 0 bridgehead atoms. The Morgan fingerprint density at radius 1 is 1.12 bits per heavy atom. The molecule has 17 heavy (non-hydrogen) atoms. The molecule has 0 fully saturated rings. The summed E-state index contributed by atoms with van der Waals surface area (Å²) >= 11 is 0. The Morgan fingerprint density at radius 2 is 1.65 bits per heavy atom. The first kappa shape index (κ1) is 16.4. The Balaban J connectivity index is 3.87. The number of rotatable bonds is 6. The van der Waals surface area contributed by atoms with Crippen LogP contribution in [0.3, 0.4) is 0 Å². The van der Waals surface area contributed by atoms with Gasteiger partial charge in [0.25, 0.3) is 0 Å². The van der Waals surface area contributed by atoms with Gasteiger partial charge in [0.15, 0.2) is 0 Å². The van der Waals surface area contributed by atoms with Crippen LogP contribution in [0.1, 0.15) is 54.9 Å². The normalized spacial score (nSPS) is 15.8. The van der Waals surface area contributed by atoms with Crippen molar-refractivity contribution in [2.45, 2.75) is 60.5 Å². The number of hydrogen-bond donors (Lipinski definition) is 0. The first-order chi connectivity index (χ1) is 7.63. The van der Waals surface area contributed by atoms with E-state index in [1.54, 1.807) is 0 Å². The summed E-state index contributed by atoms with van der Waals surface area (Å²) in [4.78, 5) is 20.8. The zero-order valence-corrected chi connectivity index (χ0v) is 12.1. The zero-order valence-electron chi connectivity index (χ0n) is 12.1. The third-order valence-electron chi connectivity index (χ3n) is 2.85. The van der Waals surface area contributed by atoms with Crippen LogP contribution < -0.4 is 0 Å². The Kier molecular flexibility index (Phi) is 6.72. The van der Waals surface area contributed by atoms with Crippen molar-refractivity contribution >= 4 is 5.97 Å². The highest BCUT2D eigenvalue weighted by molar-refractivity contribution is 5.68. The zero-order chi connectivity index (χ0) is 13.6. The molecule has 0 saturated carbocycles. The van der Waals surface area contributed by atoms with Gasteiger partial charge in [-0.05, 0) is 43.6 Å². The minimum Gasteiger partial charge on any atom is -0.269 e. The van der Waals surface area contributed by atoms with Crippen LogP contribution in [0.25, 0.3) is 0 Å². The Labute approximate surface area is 104 Å². The van der Waals surface area contributed by atoms with Gasteiger partial charge in [0.05, 0.1) is 12.0 Å². The summed E-state index contributed by atoms with van der Waals surface area (Å²) in [5.41, 5.74) is -0.489. The lowest BCUT2D eigenvalue weighted by atomic mass is 9.84. The molecule has 102 valence electrons. The summed E-state index contributed by atoms with van der Waals surface area (Å²) < 4.78 is 0. The van der Waals surface area contributed by atoms with Crippen molar-refractivity contribution in [3.63, 3.8) is 0 Å². The third kappa shape index (κ3) is 8.16. The van der Waals surface area contributed by atoms with Crippen molar-refractivity contribution in [1.29, 1.82) is 0 Å². The van der Waals surface area contributed by atoms with E-state index in [1.807, 2.05) is 27.7 Å². The van der Waals surface area contributed by atoms with Gasteiger partial charge in [-0.25, -0.2) is 4.79 Å². The monoisotopic (exact) mass is 246 g/mol. The lowest BCUT2D eigenvalue weighted by Gasteiger charge is -2.22. The van der Waals surface area contributed by atoms with Crippen molar-refractivity contribution in [1.82, 2.24) is 0 Å². The fraction of sp³-hybridized carbons (Fsp3) is 0.923. The molecule has 0 radical (unpaired) electrons. The van der Waals surface area contributed by atoms with E-state index in [1.165, 1.54) is 0 Å². The van der Waals surface area contributed by atoms with E-state index in [2.05, 4.69) is 30.7 Å². The molecule has 0 aromatic rings. The van der Waals surface area contributed by atoms with Crippen LogP contribution in [0.5, 0.6) is 0 Å². The fourth-order valence-electron chi connectivity index (χ4n) is 1.30. The second-order valence-corrected chi connectivity index (χ2v) is 6.00. The molecule has 0 spiro atoms. The van der Waals surface area contributed by atoms with Crippen molar-refractivity contribution in [3.8, 4) is 0 Å². The molecule has 0 heterocycles. The van der Waals surface area contributed by atoms with E-state index in [4.69, 9.17) is 4.89 Å². The molecular formula is C13H26O4. The topological polar surface area (TPSA) is 44.8 Å². The lowest BCUT2D eigenvalue weighted by Crippen LogP contribution is -2.22. The fourth-order valence-corrected chi connectivity index (χ4v) is 1.30. The van der Waals surface area contributed by atoms with Crippen molar-refractivity contribution in [2.75, 3.05) is 0 Å². The van der Waals surface area contributed by atoms with Crippen molar-refractivity contribution in [3.05, 3.63) is 0 Å². The van der Waals surface area contributed by atoms with E-state index < -0.39 is 11.6 Å². The Morgan fingerprint density at radius 3 is 2.06 bits per heavy atom.